The Morgan fingerprint density at radius 2 is 2.22 bits per heavy atom. The molecule has 0 amide bonds. The number of nitrogens with one attached hydrogen (secondary N) is 1. The highest BCUT2D eigenvalue weighted by Crippen LogP contribution is 2.32. The maximum Gasteiger partial charge on any atom is 0.310 e. The molecule has 1 aliphatic rings. The van der Waals surface area contributed by atoms with Gasteiger partial charge in [-0.25, -0.2) is 0 Å². The Hall–Kier alpha value is -1.35. The average molecular weight is 247 g/mol. The van der Waals surface area contributed by atoms with E-state index < -0.39 is 0 Å². The Morgan fingerprint density at radius 3 is 2.94 bits per heavy atom. The van der Waals surface area contributed by atoms with E-state index in [1.165, 1.54) is 11.1 Å². The smallest absolute Gasteiger partial charge is 0.310 e. The van der Waals surface area contributed by atoms with Crippen molar-refractivity contribution in [2.75, 3.05) is 19.7 Å². The van der Waals surface area contributed by atoms with Crippen LogP contribution >= 0.6 is 0 Å². The van der Waals surface area contributed by atoms with E-state index in [1.54, 1.807) is 0 Å². The second-order valence-corrected chi connectivity index (χ2v) is 4.81. The molecular weight excluding hydrogens is 226 g/mol. The van der Waals surface area contributed by atoms with Crippen molar-refractivity contribution >= 4 is 5.97 Å². The summed E-state index contributed by atoms with van der Waals surface area (Å²) in [5.74, 6) is 0.157. The van der Waals surface area contributed by atoms with E-state index in [4.69, 9.17) is 4.74 Å². The van der Waals surface area contributed by atoms with E-state index in [-0.39, 0.29) is 17.8 Å². The lowest BCUT2D eigenvalue weighted by atomic mass is 9.79. The van der Waals surface area contributed by atoms with Gasteiger partial charge in [0.1, 0.15) is 0 Å². The Labute approximate surface area is 109 Å². The second kappa shape index (κ2) is 6.01. The maximum absolute atomic E-state index is 12.0. The van der Waals surface area contributed by atoms with Gasteiger partial charge in [0.05, 0.1) is 12.5 Å². The van der Waals surface area contributed by atoms with Crippen LogP contribution in [0, 0.1) is 12.8 Å². The molecule has 2 rings (SSSR count). The third-order valence-electron chi connectivity index (χ3n) is 3.66. The van der Waals surface area contributed by atoms with Crippen LogP contribution in [0.1, 0.15) is 30.4 Å². The molecule has 1 aliphatic heterocycles. The standard InChI is InChI=1S/C15H21NO2/c1-3-18-15(17)14-10-16-9-8-13(14)12-7-5-4-6-11(12)2/h4-7,13-14,16H,3,8-10H2,1-2H3. The van der Waals surface area contributed by atoms with Gasteiger partial charge in [0, 0.05) is 6.54 Å². The predicted octanol–water partition coefficient (Wildman–Crippen LogP) is 2.25. The minimum Gasteiger partial charge on any atom is -0.466 e. The van der Waals surface area contributed by atoms with Gasteiger partial charge >= 0.3 is 5.97 Å². The molecule has 98 valence electrons. The molecule has 0 radical (unpaired) electrons. The van der Waals surface area contributed by atoms with Gasteiger partial charge in [-0.15, -0.1) is 0 Å². The van der Waals surface area contributed by atoms with E-state index in [0.29, 0.717) is 6.61 Å². The van der Waals surface area contributed by atoms with Crippen LogP contribution in [0.15, 0.2) is 24.3 Å². The number of benzene rings is 1. The molecule has 3 nitrogen and oxygen atoms in total. The largest absolute Gasteiger partial charge is 0.466 e. The van der Waals surface area contributed by atoms with Crippen molar-refractivity contribution in [1.82, 2.24) is 5.32 Å². The Balaban J connectivity index is 2.23. The predicted molar refractivity (Wildman–Crippen MR) is 71.5 cm³/mol. The fourth-order valence-corrected chi connectivity index (χ4v) is 2.73. The minimum atomic E-state index is -0.0713. The molecule has 1 aromatic carbocycles. The molecule has 1 heterocycles. The summed E-state index contributed by atoms with van der Waals surface area (Å²) < 4.78 is 5.19. The van der Waals surface area contributed by atoms with E-state index in [0.717, 1.165) is 19.5 Å². The zero-order valence-electron chi connectivity index (χ0n) is 11.1. The van der Waals surface area contributed by atoms with Gasteiger partial charge in [0.25, 0.3) is 0 Å². The van der Waals surface area contributed by atoms with Gasteiger partial charge in [-0.2, -0.15) is 0 Å². The van der Waals surface area contributed by atoms with Crippen molar-refractivity contribution < 1.29 is 9.53 Å². The molecule has 3 heteroatoms. The minimum absolute atomic E-state index is 0.0557. The zero-order valence-corrected chi connectivity index (χ0v) is 11.1. The van der Waals surface area contributed by atoms with Gasteiger partial charge in [0.2, 0.25) is 0 Å². The highest BCUT2D eigenvalue weighted by Gasteiger charge is 2.33. The number of hydrogen-bond acceptors (Lipinski definition) is 3. The lowest BCUT2D eigenvalue weighted by Crippen LogP contribution is -2.40. The molecular formula is C15H21NO2. The van der Waals surface area contributed by atoms with Crippen molar-refractivity contribution in [1.29, 1.82) is 0 Å². The van der Waals surface area contributed by atoms with Crippen LogP contribution in [0.3, 0.4) is 0 Å². The summed E-state index contributed by atoms with van der Waals surface area (Å²) in [6, 6.07) is 8.34. The molecule has 18 heavy (non-hydrogen) atoms. The molecule has 1 aromatic rings. The second-order valence-electron chi connectivity index (χ2n) is 4.81. The van der Waals surface area contributed by atoms with Crippen LogP contribution in [0.5, 0.6) is 0 Å². The van der Waals surface area contributed by atoms with Crippen molar-refractivity contribution in [2.45, 2.75) is 26.2 Å². The Bertz CT molecular complexity index is 417. The molecule has 2 unspecified atom stereocenters. The molecule has 2 atom stereocenters. The fourth-order valence-electron chi connectivity index (χ4n) is 2.73. The van der Waals surface area contributed by atoms with Crippen LogP contribution in [0.2, 0.25) is 0 Å². The summed E-state index contributed by atoms with van der Waals surface area (Å²) in [4.78, 5) is 12.0. The summed E-state index contributed by atoms with van der Waals surface area (Å²) in [7, 11) is 0. The maximum atomic E-state index is 12.0. The van der Waals surface area contributed by atoms with Gasteiger partial charge in [-0.3, -0.25) is 4.79 Å². The quantitative estimate of drug-likeness (QED) is 0.833. The highest BCUT2D eigenvalue weighted by molar-refractivity contribution is 5.74. The average Bonchev–Trinajstić information content (AvgIpc) is 2.40. The third-order valence-corrected chi connectivity index (χ3v) is 3.66. The lowest BCUT2D eigenvalue weighted by molar-refractivity contribution is -0.149. The first kappa shape index (κ1) is 13.1. The molecule has 0 spiro atoms. The van der Waals surface area contributed by atoms with Gasteiger partial charge in [-0.1, -0.05) is 24.3 Å². The number of rotatable bonds is 3. The number of ether oxygens (including phenoxy) is 1. The number of carbonyl (C=O) groups is 1. The van der Waals surface area contributed by atoms with Crippen LogP contribution in [-0.2, 0) is 9.53 Å². The summed E-state index contributed by atoms with van der Waals surface area (Å²) in [6.45, 7) is 6.11. The summed E-state index contributed by atoms with van der Waals surface area (Å²) in [5.41, 5.74) is 2.55. The van der Waals surface area contributed by atoms with Gasteiger partial charge in [-0.05, 0) is 43.9 Å². The first-order valence-corrected chi connectivity index (χ1v) is 6.67. The van der Waals surface area contributed by atoms with Gasteiger partial charge < -0.3 is 10.1 Å². The van der Waals surface area contributed by atoms with Crippen LogP contribution in [0.25, 0.3) is 0 Å². The van der Waals surface area contributed by atoms with E-state index in [9.17, 15) is 4.79 Å². The first-order chi connectivity index (χ1) is 8.74. The van der Waals surface area contributed by atoms with E-state index in [2.05, 4.69) is 24.4 Å². The SMILES string of the molecule is CCOC(=O)C1CNCCC1c1ccccc1C. The molecule has 0 bridgehead atoms. The first-order valence-electron chi connectivity index (χ1n) is 6.67. The van der Waals surface area contributed by atoms with Crippen molar-refractivity contribution in [3.63, 3.8) is 0 Å². The summed E-state index contributed by atoms with van der Waals surface area (Å²) in [6.07, 6.45) is 0.994. The molecule has 0 aromatic heterocycles. The number of carbonyl (C=O) groups excluding carboxylic acids is 1. The van der Waals surface area contributed by atoms with Crippen molar-refractivity contribution in [2.24, 2.45) is 5.92 Å². The molecule has 1 N–H and O–H groups in total. The van der Waals surface area contributed by atoms with E-state index in [1.807, 2.05) is 19.1 Å². The number of piperidine rings is 1. The molecule has 1 saturated heterocycles. The number of esters is 1. The molecule has 0 aliphatic carbocycles. The topological polar surface area (TPSA) is 38.3 Å². The summed E-state index contributed by atoms with van der Waals surface area (Å²) in [5, 5.41) is 3.29. The fraction of sp³-hybridized carbons (Fsp3) is 0.533. The van der Waals surface area contributed by atoms with Crippen LogP contribution in [-0.4, -0.2) is 25.7 Å². The highest BCUT2D eigenvalue weighted by atomic mass is 16.5. The van der Waals surface area contributed by atoms with Crippen LogP contribution < -0.4 is 5.32 Å². The number of hydrogen-bond donors (Lipinski definition) is 1. The normalized spacial score (nSPS) is 23.7. The summed E-state index contributed by atoms with van der Waals surface area (Å²) >= 11 is 0. The Kier molecular flexibility index (Phi) is 4.37. The van der Waals surface area contributed by atoms with Crippen molar-refractivity contribution in [3.8, 4) is 0 Å². The Morgan fingerprint density at radius 1 is 1.44 bits per heavy atom. The zero-order chi connectivity index (χ0) is 13.0. The van der Waals surface area contributed by atoms with Gasteiger partial charge in [0.15, 0.2) is 0 Å². The number of aryl methyl sites for hydroxylation is 1. The van der Waals surface area contributed by atoms with Crippen LogP contribution in [0.4, 0.5) is 0 Å². The van der Waals surface area contributed by atoms with E-state index >= 15 is 0 Å². The monoisotopic (exact) mass is 247 g/mol. The lowest BCUT2D eigenvalue weighted by Gasteiger charge is -2.31. The molecule has 1 fully saturated rings. The van der Waals surface area contributed by atoms with Crippen molar-refractivity contribution in [3.05, 3.63) is 35.4 Å². The third kappa shape index (κ3) is 2.72. The molecule has 0 saturated carbocycles.